The Hall–Kier alpha value is -3.50. The van der Waals surface area contributed by atoms with Crippen LogP contribution in [-0.2, 0) is 80.1 Å². The SMILES string of the molecule is CCCCCC/C=C\CCCCCCCC(=O)O[C@H](CCCCCCCCCCC)CC(=O)NC1[C@H](OCC2O[C@@H](OP(=O)(O)O)C(NC(=O)C[C@@H](CCCCCCCCCCC)OC(=O)CCCCCCCCCCCCCCC)[C@@H](OC(=O)C[C@H](O)CCCCCCCCCCC)[C@@H]2O)OC(CO)[C@@H](OP(=O)(O)O)[C@@H]1OC(=O)C[C@H](O)CCCCCCCCCCC. The van der Waals surface area contributed by atoms with Crippen molar-refractivity contribution in [2.75, 3.05) is 13.2 Å². The summed E-state index contributed by atoms with van der Waals surface area (Å²) in [6, 6.07) is -3.88. The summed E-state index contributed by atoms with van der Waals surface area (Å²) in [5.74, 6) is -5.02. The molecule has 0 aromatic heterocycles. The lowest BCUT2D eigenvalue weighted by atomic mass is 9.95. The number of esters is 4. The largest absolute Gasteiger partial charge is 0.472 e. The maximum Gasteiger partial charge on any atom is 0.472 e. The quantitative estimate of drug-likeness (QED) is 0.00889. The third-order valence-electron chi connectivity index (χ3n) is 25.0. The first kappa shape index (κ1) is 122. The number of nitrogens with one attached hydrogen (secondary N) is 2. The number of allylic oxidation sites excluding steroid dienone is 2. The molecule has 2 heterocycles. The first-order valence-corrected chi connectivity index (χ1v) is 55.4. The molecule has 2 amide bonds. The van der Waals surface area contributed by atoms with Gasteiger partial charge in [0.05, 0.1) is 51.1 Å². The lowest BCUT2D eigenvalue weighted by molar-refractivity contribution is -0.296. The summed E-state index contributed by atoms with van der Waals surface area (Å²) in [6.07, 6.45) is 43.3. The molecule has 2 fully saturated rings. The van der Waals surface area contributed by atoms with E-state index < -0.39 is 176 Å². The summed E-state index contributed by atoms with van der Waals surface area (Å²) < 4.78 is 80.1. The fourth-order valence-corrected chi connectivity index (χ4v) is 18.4. The number of phosphoric ester groups is 2. The summed E-state index contributed by atoms with van der Waals surface area (Å²) in [6.45, 7) is 10.9. The number of hydrogen-bond acceptors (Lipinski definition) is 21. The van der Waals surface area contributed by atoms with Crippen molar-refractivity contribution in [1.29, 1.82) is 0 Å². The van der Waals surface area contributed by atoms with E-state index in [2.05, 4.69) is 64.3 Å². The van der Waals surface area contributed by atoms with E-state index in [9.17, 15) is 73.1 Å². The van der Waals surface area contributed by atoms with Gasteiger partial charge in [0.1, 0.15) is 48.7 Å². The van der Waals surface area contributed by atoms with Gasteiger partial charge in [-0.3, -0.25) is 37.8 Å². The number of aliphatic hydroxyl groups is 4. The van der Waals surface area contributed by atoms with Gasteiger partial charge in [0.25, 0.3) is 0 Å². The normalized spacial score (nSPS) is 20.0. The Kier molecular flexibility index (Phi) is 75.9. The summed E-state index contributed by atoms with van der Waals surface area (Å²) in [7, 11) is -11.4. The second-order valence-electron chi connectivity index (χ2n) is 37.3. The molecule has 2 saturated heterocycles. The number of hydrogen-bond donors (Lipinski definition) is 10. The molecule has 0 radical (unpaired) electrons. The molecule has 758 valence electrons. The number of rotatable bonds is 89. The van der Waals surface area contributed by atoms with Crippen molar-refractivity contribution < 1.29 is 120 Å². The highest BCUT2D eigenvalue weighted by molar-refractivity contribution is 7.46. The molecule has 129 heavy (non-hydrogen) atoms. The molecule has 0 aliphatic carbocycles. The van der Waals surface area contributed by atoms with Gasteiger partial charge < -0.3 is 83.8 Å². The van der Waals surface area contributed by atoms with Crippen LogP contribution in [0.5, 0.6) is 0 Å². The first-order valence-electron chi connectivity index (χ1n) is 52.4. The van der Waals surface area contributed by atoms with Crippen LogP contribution in [0.2, 0.25) is 0 Å². The molecule has 2 rings (SSSR count). The fourth-order valence-electron chi connectivity index (χ4n) is 17.3. The van der Waals surface area contributed by atoms with Crippen molar-refractivity contribution in [3.63, 3.8) is 0 Å². The minimum atomic E-state index is -5.72. The van der Waals surface area contributed by atoms with E-state index in [-0.39, 0.29) is 38.5 Å². The number of phosphoric acid groups is 2. The molecule has 14 atom stereocenters. The average molecular weight is 1880 g/mol. The van der Waals surface area contributed by atoms with Crippen molar-refractivity contribution in [2.24, 2.45) is 0 Å². The number of carbonyl (C=O) groups excluding carboxylic acids is 6. The van der Waals surface area contributed by atoms with E-state index in [1.54, 1.807) is 0 Å². The smallest absolute Gasteiger partial charge is 0.462 e. The number of amides is 2. The third-order valence-corrected chi connectivity index (χ3v) is 26.0. The first-order chi connectivity index (χ1) is 62.3. The van der Waals surface area contributed by atoms with Gasteiger partial charge >= 0.3 is 39.5 Å². The third kappa shape index (κ3) is 66.6. The van der Waals surface area contributed by atoms with Crippen LogP contribution in [0.25, 0.3) is 0 Å². The van der Waals surface area contributed by atoms with E-state index in [0.29, 0.717) is 38.5 Å². The zero-order valence-electron chi connectivity index (χ0n) is 81.6. The Bertz CT molecular complexity index is 2870. The fraction of sp³-hybridized carbons (Fsp3) is 0.920. The Balaban J connectivity index is 2.78. The molecule has 0 aromatic carbocycles. The van der Waals surface area contributed by atoms with Crippen molar-refractivity contribution >= 4 is 51.3 Å². The van der Waals surface area contributed by atoms with Gasteiger partial charge in [0.15, 0.2) is 24.8 Å². The van der Waals surface area contributed by atoms with Crippen LogP contribution in [0, 0.1) is 0 Å². The van der Waals surface area contributed by atoms with E-state index >= 15 is 4.79 Å². The number of aliphatic hydroxyl groups excluding tert-OH is 4. The van der Waals surface area contributed by atoms with E-state index in [0.717, 1.165) is 250 Å². The Morgan fingerprint density at radius 1 is 0.341 bits per heavy atom. The van der Waals surface area contributed by atoms with Gasteiger partial charge in [0, 0.05) is 12.8 Å². The zero-order valence-corrected chi connectivity index (χ0v) is 83.4. The van der Waals surface area contributed by atoms with Crippen LogP contribution in [0.1, 0.15) is 491 Å². The molecule has 2 aliphatic rings. The van der Waals surface area contributed by atoms with Gasteiger partial charge in [-0.1, -0.05) is 388 Å². The Morgan fingerprint density at radius 2 is 0.628 bits per heavy atom. The van der Waals surface area contributed by atoms with Gasteiger partial charge in [-0.25, -0.2) is 9.13 Å². The molecule has 0 saturated carbocycles. The van der Waals surface area contributed by atoms with E-state index in [1.165, 1.54) is 96.3 Å². The van der Waals surface area contributed by atoms with Gasteiger partial charge in [-0.05, 0) is 77.0 Å². The lowest BCUT2D eigenvalue weighted by Crippen LogP contribution is -2.68. The monoisotopic (exact) mass is 1880 g/mol. The highest BCUT2D eigenvalue weighted by atomic mass is 31.2. The summed E-state index contributed by atoms with van der Waals surface area (Å²) in [5, 5.41) is 52.0. The summed E-state index contributed by atoms with van der Waals surface area (Å²) in [4.78, 5) is 129. The zero-order chi connectivity index (χ0) is 94.7. The molecule has 0 spiro atoms. The van der Waals surface area contributed by atoms with Crippen LogP contribution in [0.4, 0.5) is 0 Å². The highest BCUT2D eigenvalue weighted by Crippen LogP contribution is 2.44. The Morgan fingerprint density at radius 3 is 0.961 bits per heavy atom. The van der Waals surface area contributed by atoms with Gasteiger partial charge in [0.2, 0.25) is 11.8 Å². The van der Waals surface area contributed by atoms with E-state index in [4.69, 9.17) is 42.2 Å². The number of carbonyl (C=O) groups is 6. The standard InChI is InChI=1S/C100H188N2O25P2/c1-7-13-19-25-31-37-39-41-43-49-55-61-67-73-89(108)120-83(71-65-59-53-47-35-29-23-17-11-5)77-87(106)101-93-97(124-91(110)75-81(104)69-63-57-51-45-33-27-21-15-9-3)95(112)86(123-100(93)127-129(116,117)118)80-119-99-94(98(96(85(79-103)122-99)126-128(113,114)115)125-92(111)76-82(105)70-64-58-52-46-34-28-22-16-10-4)102-88(107)78-84(72-66-60-54-48-36-30-24-18-12-6)121-90(109)74-68-62-56-50-44-42-40-38-32-26-20-14-8-2/h38,40,81-86,93-100,103-105,112H,7-37,39,41-80H2,1-6H3,(H,101,106)(H,102,107)(H2,113,114,115)(H2,116,117,118)/b40-38-/t81-,82-,83-,84-,85?,86?,93?,94?,95-,96-,97-,98-,99-,100+/m1/s1. The molecular weight excluding hydrogens is 1690 g/mol. The molecule has 29 heteroatoms. The molecule has 10 N–H and O–H groups in total. The van der Waals surface area contributed by atoms with Crippen molar-refractivity contribution in [1.82, 2.24) is 10.6 Å². The van der Waals surface area contributed by atoms with Gasteiger partial charge in [-0.2, -0.15) is 0 Å². The predicted molar refractivity (Wildman–Crippen MR) is 508 cm³/mol. The molecule has 2 aliphatic heterocycles. The van der Waals surface area contributed by atoms with Crippen molar-refractivity contribution in [3.05, 3.63) is 12.2 Å². The maximum absolute atomic E-state index is 15.1. The molecule has 27 nitrogen and oxygen atoms in total. The topological polar surface area (TPSA) is 406 Å². The Labute approximate surface area is 780 Å². The molecule has 0 aromatic rings. The maximum atomic E-state index is 15.1. The summed E-state index contributed by atoms with van der Waals surface area (Å²) >= 11 is 0. The van der Waals surface area contributed by atoms with Crippen LogP contribution in [0.15, 0.2) is 12.2 Å². The van der Waals surface area contributed by atoms with Gasteiger partial charge in [-0.15, -0.1) is 0 Å². The lowest BCUT2D eigenvalue weighted by Gasteiger charge is -2.47. The highest BCUT2D eigenvalue weighted by Gasteiger charge is 2.55. The van der Waals surface area contributed by atoms with E-state index in [1.807, 2.05) is 0 Å². The molecule has 4 unspecified atom stereocenters. The second kappa shape index (κ2) is 80.6. The average Bonchev–Trinajstić information content (AvgIpc) is 0.777. The second-order valence-corrected chi connectivity index (χ2v) is 39.7. The summed E-state index contributed by atoms with van der Waals surface area (Å²) in [5.41, 5.74) is 0. The molecular formula is C100H188N2O25P2. The van der Waals surface area contributed by atoms with Crippen LogP contribution >= 0.6 is 15.6 Å². The predicted octanol–water partition coefficient (Wildman–Crippen LogP) is 22.7. The molecule has 0 bridgehead atoms. The van der Waals surface area contributed by atoms with Crippen LogP contribution < -0.4 is 10.6 Å². The number of unbranched alkanes of at least 4 members (excludes halogenated alkanes) is 53. The van der Waals surface area contributed by atoms with Crippen LogP contribution in [0.3, 0.4) is 0 Å². The minimum absolute atomic E-state index is 0.0766. The van der Waals surface area contributed by atoms with Crippen LogP contribution in [-0.4, -0.2) is 175 Å². The van der Waals surface area contributed by atoms with Crippen molar-refractivity contribution in [2.45, 2.75) is 577 Å². The minimum Gasteiger partial charge on any atom is -0.462 e. The number of ether oxygens (including phenoxy) is 7. The van der Waals surface area contributed by atoms with Crippen molar-refractivity contribution in [3.8, 4) is 0 Å².